The number of halogens is 1. The number of nitrogens with one attached hydrogen (secondary N) is 1. The van der Waals surface area contributed by atoms with Crippen molar-refractivity contribution in [2.75, 3.05) is 13.2 Å². The number of ether oxygens (including phenoxy) is 1. The number of aryl methyl sites for hydroxylation is 1. The number of aromatic nitrogens is 2. The van der Waals surface area contributed by atoms with Crippen LogP contribution in [-0.4, -0.2) is 58.2 Å². The summed E-state index contributed by atoms with van der Waals surface area (Å²) in [7, 11) is 0. The largest absolute Gasteiger partial charge is 0.381 e. The molecular formula is C28H34ClN5O3. The van der Waals surface area contributed by atoms with E-state index in [0.717, 1.165) is 55.9 Å². The van der Waals surface area contributed by atoms with E-state index in [9.17, 15) is 4.79 Å². The van der Waals surface area contributed by atoms with Gasteiger partial charge in [0.15, 0.2) is 0 Å². The molecule has 1 aliphatic carbocycles. The summed E-state index contributed by atoms with van der Waals surface area (Å²) in [6.07, 6.45) is 7.68. The van der Waals surface area contributed by atoms with Crippen LogP contribution in [0.1, 0.15) is 51.0 Å². The SMILES string of the molecule is C/C=C1/C=C(c2ccc(-c3noc(C)n3)cc2Cl)C(=O)N(C2CC2)/C1=N/C(C)NC1CCOCC1.C=C. The van der Waals surface area contributed by atoms with Crippen molar-refractivity contribution in [2.24, 2.45) is 4.99 Å². The van der Waals surface area contributed by atoms with Gasteiger partial charge in [-0.1, -0.05) is 35.0 Å². The third kappa shape index (κ3) is 6.09. The molecule has 0 spiro atoms. The van der Waals surface area contributed by atoms with Gasteiger partial charge in [0.25, 0.3) is 5.91 Å². The lowest BCUT2D eigenvalue weighted by Crippen LogP contribution is -2.45. The van der Waals surface area contributed by atoms with Gasteiger partial charge in [0, 0.05) is 59.5 Å². The minimum atomic E-state index is -0.117. The quantitative estimate of drug-likeness (QED) is 0.513. The predicted octanol–water partition coefficient (Wildman–Crippen LogP) is 5.35. The number of nitrogens with zero attached hydrogens (tertiary/aromatic N) is 4. The molecule has 1 aromatic heterocycles. The normalized spacial score (nSPS) is 21.6. The Kier molecular flexibility index (Phi) is 8.74. The molecule has 2 fully saturated rings. The Balaban J connectivity index is 0.00000156. The van der Waals surface area contributed by atoms with Crippen LogP contribution >= 0.6 is 11.6 Å². The van der Waals surface area contributed by atoms with Crippen LogP contribution in [0.2, 0.25) is 5.02 Å². The van der Waals surface area contributed by atoms with Crippen LogP contribution in [0.3, 0.4) is 0 Å². The standard InChI is InChI=1S/C26H30ClN5O3.C2H4/c1-4-17-13-22(21-8-5-18(14-23(21)27)24-30-16(3)35-31-24)26(33)32(20-6-7-20)25(17)29-15(2)28-19-9-11-34-12-10-19;1-2/h4-5,8,13-15,19-20,28H,6-7,9-12H2,1-3H3;1-2H2/b17-4-,29-25+;. The van der Waals surface area contributed by atoms with Crippen molar-refractivity contribution in [3.05, 3.63) is 65.6 Å². The van der Waals surface area contributed by atoms with E-state index >= 15 is 0 Å². The van der Waals surface area contributed by atoms with Crippen LogP contribution in [0.5, 0.6) is 0 Å². The van der Waals surface area contributed by atoms with Crippen LogP contribution in [0, 0.1) is 6.92 Å². The Labute approximate surface area is 223 Å². The monoisotopic (exact) mass is 523 g/mol. The number of carbonyl (C=O) groups excluding carboxylic acids is 1. The first-order valence-corrected chi connectivity index (χ1v) is 13.1. The van der Waals surface area contributed by atoms with Gasteiger partial charge in [0.1, 0.15) is 5.84 Å². The van der Waals surface area contributed by atoms with Crippen LogP contribution in [0.25, 0.3) is 17.0 Å². The number of hydrogen-bond acceptors (Lipinski definition) is 7. The Morgan fingerprint density at radius 2 is 1.97 bits per heavy atom. The summed E-state index contributed by atoms with van der Waals surface area (Å²) >= 11 is 6.68. The molecule has 2 aromatic rings. The molecule has 1 saturated carbocycles. The first kappa shape index (κ1) is 27.0. The lowest BCUT2D eigenvalue weighted by atomic mass is 9.95. The Morgan fingerprint density at radius 3 is 2.57 bits per heavy atom. The Bertz CT molecular complexity index is 1220. The number of hydrogen-bond donors (Lipinski definition) is 1. The summed E-state index contributed by atoms with van der Waals surface area (Å²) in [5.41, 5.74) is 2.90. The van der Waals surface area contributed by atoms with Crippen LogP contribution in [-0.2, 0) is 9.53 Å². The molecule has 1 aromatic carbocycles. The number of rotatable bonds is 6. The number of allylic oxidation sites excluding steroid dienone is 1. The fraction of sp³-hybridized carbons (Fsp3) is 0.429. The van der Waals surface area contributed by atoms with Gasteiger partial charge < -0.3 is 9.26 Å². The maximum absolute atomic E-state index is 13.8. The van der Waals surface area contributed by atoms with Crippen molar-refractivity contribution < 1.29 is 14.1 Å². The second-order valence-corrected chi connectivity index (χ2v) is 9.63. The second kappa shape index (κ2) is 12.0. The Hall–Kier alpha value is -3.07. The summed E-state index contributed by atoms with van der Waals surface area (Å²) < 4.78 is 10.5. The average molecular weight is 524 g/mol. The van der Waals surface area contributed by atoms with Crippen LogP contribution in [0.4, 0.5) is 0 Å². The molecule has 1 atom stereocenters. The van der Waals surface area contributed by atoms with Crippen molar-refractivity contribution in [1.82, 2.24) is 20.4 Å². The van der Waals surface area contributed by atoms with Gasteiger partial charge in [0.2, 0.25) is 11.7 Å². The van der Waals surface area contributed by atoms with Gasteiger partial charge in [0.05, 0.1) is 6.17 Å². The zero-order chi connectivity index (χ0) is 26.5. The number of amidine groups is 1. The molecule has 0 bridgehead atoms. The van der Waals surface area contributed by atoms with Gasteiger partial charge >= 0.3 is 0 Å². The summed E-state index contributed by atoms with van der Waals surface area (Å²) in [4.78, 5) is 24.9. The highest BCUT2D eigenvalue weighted by molar-refractivity contribution is 6.37. The summed E-state index contributed by atoms with van der Waals surface area (Å²) in [6, 6.07) is 6.02. The fourth-order valence-corrected chi connectivity index (χ4v) is 4.86. The fourth-order valence-electron chi connectivity index (χ4n) is 4.58. The zero-order valence-electron chi connectivity index (χ0n) is 21.7. The molecule has 3 heterocycles. The van der Waals surface area contributed by atoms with Crippen molar-refractivity contribution >= 4 is 28.9 Å². The molecule has 1 saturated heterocycles. The maximum Gasteiger partial charge on any atom is 0.260 e. The maximum atomic E-state index is 13.8. The van der Waals surface area contributed by atoms with Gasteiger partial charge in [-0.15, -0.1) is 13.2 Å². The predicted molar refractivity (Wildman–Crippen MR) is 146 cm³/mol. The molecule has 9 heteroatoms. The van der Waals surface area contributed by atoms with Crippen molar-refractivity contribution in [3.63, 3.8) is 0 Å². The first-order chi connectivity index (χ1) is 17.9. The summed E-state index contributed by atoms with van der Waals surface area (Å²) in [5.74, 6) is 1.61. The van der Waals surface area contributed by atoms with Gasteiger partial charge in [-0.2, -0.15) is 4.98 Å². The van der Waals surface area contributed by atoms with Crippen LogP contribution < -0.4 is 5.32 Å². The number of benzene rings is 1. The molecule has 3 aliphatic rings. The minimum Gasteiger partial charge on any atom is -0.381 e. The third-order valence-electron chi connectivity index (χ3n) is 6.52. The van der Waals surface area contributed by atoms with Gasteiger partial charge in [-0.05, 0) is 51.7 Å². The number of carbonyl (C=O) groups is 1. The number of aliphatic imine (C=N–C) groups is 1. The molecule has 5 rings (SSSR count). The van der Waals surface area contributed by atoms with Gasteiger partial charge in [-0.3, -0.25) is 15.0 Å². The van der Waals surface area contributed by atoms with Crippen molar-refractivity contribution in [1.29, 1.82) is 0 Å². The van der Waals surface area contributed by atoms with E-state index in [-0.39, 0.29) is 18.1 Å². The zero-order valence-corrected chi connectivity index (χ0v) is 22.4. The molecular weight excluding hydrogens is 490 g/mol. The van der Waals surface area contributed by atoms with E-state index in [1.54, 1.807) is 13.0 Å². The van der Waals surface area contributed by atoms with E-state index < -0.39 is 0 Å². The highest BCUT2D eigenvalue weighted by Crippen LogP contribution is 2.38. The topological polar surface area (TPSA) is 92.9 Å². The molecule has 196 valence electrons. The highest BCUT2D eigenvalue weighted by atomic mass is 35.5. The lowest BCUT2D eigenvalue weighted by Gasteiger charge is -2.32. The molecule has 1 unspecified atom stereocenters. The molecule has 8 nitrogen and oxygen atoms in total. The molecule has 1 amide bonds. The van der Waals surface area contributed by atoms with Crippen molar-refractivity contribution in [2.45, 2.75) is 64.7 Å². The van der Waals surface area contributed by atoms with E-state index in [1.165, 1.54) is 0 Å². The Morgan fingerprint density at radius 1 is 1.24 bits per heavy atom. The second-order valence-electron chi connectivity index (χ2n) is 9.22. The third-order valence-corrected chi connectivity index (χ3v) is 6.83. The molecule has 37 heavy (non-hydrogen) atoms. The van der Waals surface area contributed by atoms with Crippen molar-refractivity contribution in [3.8, 4) is 11.4 Å². The summed E-state index contributed by atoms with van der Waals surface area (Å²) in [5, 5.41) is 8.01. The van der Waals surface area contributed by atoms with Gasteiger partial charge in [-0.25, -0.2) is 4.99 Å². The summed E-state index contributed by atoms with van der Waals surface area (Å²) in [6.45, 7) is 13.3. The average Bonchev–Trinajstić information content (AvgIpc) is 3.65. The minimum absolute atomic E-state index is 0.0693. The molecule has 2 aliphatic heterocycles. The van der Waals surface area contributed by atoms with E-state index in [2.05, 4.69) is 28.6 Å². The molecule has 1 N–H and O–H groups in total. The molecule has 0 radical (unpaired) electrons. The van der Waals surface area contributed by atoms with Crippen LogP contribution in [0.15, 0.2) is 58.6 Å². The van der Waals surface area contributed by atoms with E-state index in [0.29, 0.717) is 33.9 Å². The first-order valence-electron chi connectivity index (χ1n) is 12.7. The highest BCUT2D eigenvalue weighted by Gasteiger charge is 2.41. The lowest BCUT2D eigenvalue weighted by molar-refractivity contribution is -0.121. The van der Waals surface area contributed by atoms with E-state index in [4.69, 9.17) is 25.9 Å². The van der Waals surface area contributed by atoms with E-state index in [1.807, 2.05) is 43.0 Å². The number of amides is 1. The smallest absolute Gasteiger partial charge is 0.260 e.